The molecular formula is C23H26N2O3S. The molecule has 2 heterocycles. The van der Waals surface area contributed by atoms with Gasteiger partial charge in [0.15, 0.2) is 0 Å². The number of carbonyl (C=O) groups excluding carboxylic acids is 2. The zero-order chi connectivity index (χ0) is 20.2. The molecule has 2 aliphatic rings. The number of thioether (sulfide) groups is 1. The third-order valence-electron chi connectivity index (χ3n) is 5.52. The number of esters is 1. The summed E-state index contributed by atoms with van der Waals surface area (Å²) in [7, 11) is 1.39. The van der Waals surface area contributed by atoms with Crippen molar-refractivity contribution < 1.29 is 14.3 Å². The van der Waals surface area contributed by atoms with Crippen LogP contribution in [0.1, 0.15) is 46.4 Å². The maximum Gasteiger partial charge on any atom is 0.337 e. The Balaban J connectivity index is 1.61. The number of anilines is 2. The lowest BCUT2D eigenvalue weighted by atomic mass is 10.1. The molecule has 6 heteroatoms. The van der Waals surface area contributed by atoms with Crippen LogP contribution in [-0.4, -0.2) is 49.3 Å². The molecule has 4 rings (SSSR count). The van der Waals surface area contributed by atoms with Gasteiger partial charge in [0, 0.05) is 35.8 Å². The van der Waals surface area contributed by atoms with E-state index in [1.165, 1.54) is 13.5 Å². The highest BCUT2D eigenvalue weighted by Crippen LogP contribution is 2.38. The summed E-state index contributed by atoms with van der Waals surface area (Å²) in [5.74, 6) is 0.834. The number of hydrogen-bond donors (Lipinski definition) is 0. The van der Waals surface area contributed by atoms with Crippen LogP contribution < -0.4 is 4.90 Å². The van der Waals surface area contributed by atoms with E-state index in [2.05, 4.69) is 17.0 Å². The van der Waals surface area contributed by atoms with Gasteiger partial charge in [-0.1, -0.05) is 0 Å². The van der Waals surface area contributed by atoms with Crippen molar-refractivity contribution in [2.45, 2.75) is 30.6 Å². The molecule has 2 aromatic carbocycles. The summed E-state index contributed by atoms with van der Waals surface area (Å²) in [4.78, 5) is 30.0. The second-order valence-electron chi connectivity index (χ2n) is 7.43. The Kier molecular flexibility index (Phi) is 6.09. The number of rotatable bonds is 3. The van der Waals surface area contributed by atoms with E-state index in [9.17, 15) is 9.59 Å². The van der Waals surface area contributed by atoms with Crippen LogP contribution in [-0.2, 0) is 4.74 Å². The fraction of sp³-hybridized carbons (Fsp3) is 0.391. The Morgan fingerprint density at radius 3 is 2.34 bits per heavy atom. The smallest absolute Gasteiger partial charge is 0.337 e. The van der Waals surface area contributed by atoms with E-state index in [0.717, 1.165) is 66.5 Å². The van der Waals surface area contributed by atoms with Gasteiger partial charge >= 0.3 is 5.97 Å². The van der Waals surface area contributed by atoms with Crippen LogP contribution in [0.15, 0.2) is 47.4 Å². The number of likely N-dealkylation sites (tertiary alicyclic amines) is 1. The van der Waals surface area contributed by atoms with Gasteiger partial charge in [-0.3, -0.25) is 4.79 Å². The minimum absolute atomic E-state index is 0.145. The third kappa shape index (κ3) is 4.27. The minimum Gasteiger partial charge on any atom is -0.465 e. The zero-order valence-electron chi connectivity index (χ0n) is 16.7. The molecule has 0 spiro atoms. The van der Waals surface area contributed by atoms with Gasteiger partial charge in [0.25, 0.3) is 5.91 Å². The monoisotopic (exact) mass is 410 g/mol. The van der Waals surface area contributed by atoms with Crippen molar-refractivity contribution in [3.05, 3.63) is 53.6 Å². The molecule has 2 aromatic rings. The average molecular weight is 411 g/mol. The summed E-state index contributed by atoms with van der Waals surface area (Å²) in [6.07, 6.45) is 4.46. The van der Waals surface area contributed by atoms with E-state index in [1.54, 1.807) is 12.1 Å². The summed E-state index contributed by atoms with van der Waals surface area (Å²) in [6.45, 7) is 2.63. The van der Waals surface area contributed by atoms with Gasteiger partial charge in [-0.15, -0.1) is 11.8 Å². The fourth-order valence-electron chi connectivity index (χ4n) is 3.95. The van der Waals surface area contributed by atoms with Crippen LogP contribution in [0.25, 0.3) is 0 Å². The molecule has 0 radical (unpaired) electrons. The van der Waals surface area contributed by atoms with Gasteiger partial charge in [0.2, 0.25) is 0 Å². The largest absolute Gasteiger partial charge is 0.465 e. The molecule has 0 bridgehead atoms. The van der Waals surface area contributed by atoms with E-state index in [4.69, 9.17) is 4.74 Å². The second kappa shape index (κ2) is 8.91. The molecule has 1 amide bonds. The predicted molar refractivity (Wildman–Crippen MR) is 116 cm³/mol. The highest BCUT2D eigenvalue weighted by Gasteiger charge is 2.22. The molecule has 0 aromatic heterocycles. The molecule has 0 saturated carbocycles. The number of methoxy groups -OCH3 is 1. The topological polar surface area (TPSA) is 49.9 Å². The van der Waals surface area contributed by atoms with E-state index < -0.39 is 0 Å². The molecule has 5 nitrogen and oxygen atoms in total. The molecule has 0 aliphatic carbocycles. The first kappa shape index (κ1) is 19.8. The minimum atomic E-state index is -0.329. The van der Waals surface area contributed by atoms with Crippen LogP contribution >= 0.6 is 11.8 Å². The van der Waals surface area contributed by atoms with E-state index in [0.29, 0.717) is 5.56 Å². The summed E-state index contributed by atoms with van der Waals surface area (Å²) in [5, 5.41) is 0. The van der Waals surface area contributed by atoms with Crippen molar-refractivity contribution in [3.63, 3.8) is 0 Å². The van der Waals surface area contributed by atoms with Crippen molar-refractivity contribution in [3.8, 4) is 0 Å². The predicted octanol–water partition coefficient (Wildman–Crippen LogP) is 4.73. The standard InChI is InChI=1S/C23H26N2O3S/c1-28-23(27)17-6-9-19(10-7-17)25-14-5-15-29-21-16-18(8-11-20(21)25)22(26)24-12-3-2-4-13-24/h6-11,16H,2-5,12-15H2,1H3. The Labute approximate surface area is 176 Å². The van der Waals surface area contributed by atoms with Gasteiger partial charge in [0.05, 0.1) is 18.4 Å². The fourth-order valence-corrected chi connectivity index (χ4v) is 4.98. The zero-order valence-corrected chi connectivity index (χ0v) is 17.5. The summed E-state index contributed by atoms with van der Waals surface area (Å²) in [5.41, 5.74) is 3.48. The summed E-state index contributed by atoms with van der Waals surface area (Å²) < 4.78 is 4.79. The maximum atomic E-state index is 12.9. The first-order valence-corrected chi connectivity index (χ1v) is 11.2. The summed E-state index contributed by atoms with van der Waals surface area (Å²) >= 11 is 1.81. The van der Waals surface area contributed by atoms with Crippen molar-refractivity contribution in [1.29, 1.82) is 0 Å². The Bertz CT molecular complexity index is 891. The van der Waals surface area contributed by atoms with E-state index >= 15 is 0 Å². The van der Waals surface area contributed by atoms with Crippen molar-refractivity contribution >= 4 is 35.0 Å². The molecule has 0 N–H and O–H groups in total. The van der Waals surface area contributed by atoms with Crippen molar-refractivity contribution in [1.82, 2.24) is 4.90 Å². The molecule has 1 saturated heterocycles. The third-order valence-corrected chi connectivity index (χ3v) is 6.66. The number of carbonyl (C=O) groups is 2. The Morgan fingerprint density at radius 2 is 1.62 bits per heavy atom. The molecule has 0 atom stereocenters. The lowest BCUT2D eigenvalue weighted by Gasteiger charge is -2.28. The highest BCUT2D eigenvalue weighted by molar-refractivity contribution is 7.99. The van der Waals surface area contributed by atoms with Gasteiger partial charge < -0.3 is 14.5 Å². The Hall–Kier alpha value is -2.47. The molecule has 2 aliphatic heterocycles. The van der Waals surface area contributed by atoms with Crippen LogP contribution in [0.5, 0.6) is 0 Å². The number of hydrogen-bond acceptors (Lipinski definition) is 5. The second-order valence-corrected chi connectivity index (χ2v) is 8.56. The number of amides is 1. The first-order valence-electron chi connectivity index (χ1n) is 10.2. The lowest BCUT2D eigenvalue weighted by Crippen LogP contribution is -2.35. The van der Waals surface area contributed by atoms with Crippen molar-refractivity contribution in [2.75, 3.05) is 37.4 Å². The molecule has 29 heavy (non-hydrogen) atoms. The van der Waals surface area contributed by atoms with Gasteiger partial charge in [-0.2, -0.15) is 0 Å². The van der Waals surface area contributed by atoms with Crippen LogP contribution in [0.2, 0.25) is 0 Å². The highest BCUT2D eigenvalue weighted by atomic mass is 32.2. The Morgan fingerprint density at radius 1 is 0.897 bits per heavy atom. The maximum absolute atomic E-state index is 12.9. The van der Waals surface area contributed by atoms with E-state index in [1.807, 2.05) is 34.9 Å². The first-order chi connectivity index (χ1) is 14.2. The number of nitrogens with zero attached hydrogens (tertiary/aromatic N) is 2. The lowest BCUT2D eigenvalue weighted by molar-refractivity contribution is 0.0600. The van der Waals surface area contributed by atoms with Crippen molar-refractivity contribution in [2.24, 2.45) is 0 Å². The molecule has 1 fully saturated rings. The quantitative estimate of drug-likeness (QED) is 0.685. The van der Waals surface area contributed by atoms with Gasteiger partial charge in [0.1, 0.15) is 0 Å². The molecule has 152 valence electrons. The average Bonchev–Trinajstić information content (AvgIpc) is 3.00. The van der Waals surface area contributed by atoms with Gasteiger partial charge in [-0.25, -0.2) is 4.79 Å². The van der Waals surface area contributed by atoms with Gasteiger partial charge in [-0.05, 0) is 73.9 Å². The number of fused-ring (bicyclic) bond motifs is 1. The summed E-state index contributed by atoms with van der Waals surface area (Å²) in [6, 6.07) is 13.6. The van der Waals surface area contributed by atoms with Crippen LogP contribution in [0, 0.1) is 0 Å². The van der Waals surface area contributed by atoms with E-state index in [-0.39, 0.29) is 11.9 Å². The van der Waals surface area contributed by atoms with Crippen LogP contribution in [0.3, 0.4) is 0 Å². The normalized spacial score (nSPS) is 16.7. The number of ether oxygens (including phenoxy) is 1. The SMILES string of the molecule is COC(=O)c1ccc(N2CCCSc3cc(C(=O)N4CCCCC4)ccc32)cc1. The van der Waals surface area contributed by atoms with Crippen LogP contribution in [0.4, 0.5) is 11.4 Å². The molecule has 0 unspecified atom stereocenters. The molecular weight excluding hydrogens is 384 g/mol. The number of piperidine rings is 1. The number of benzene rings is 2.